The summed E-state index contributed by atoms with van der Waals surface area (Å²) in [4.78, 5) is 57.4. The number of carbonyl (C=O) groups is 4. The van der Waals surface area contributed by atoms with Gasteiger partial charge in [-0.1, -0.05) is 72.8 Å². The van der Waals surface area contributed by atoms with Gasteiger partial charge in [0.25, 0.3) is 23.6 Å². The summed E-state index contributed by atoms with van der Waals surface area (Å²) in [6, 6.07) is 20.3. The fraction of sp³-hybridized carbons (Fsp3) is 0.350. The highest BCUT2D eigenvalue weighted by Crippen LogP contribution is 2.35. The largest absolute Gasteiger partial charge is 0.366 e. The molecule has 14 heteroatoms. The summed E-state index contributed by atoms with van der Waals surface area (Å²) in [5.41, 5.74) is 8.82. The van der Waals surface area contributed by atoms with Crippen LogP contribution in [0.4, 0.5) is 0 Å². The number of hydrogen-bond donors (Lipinski definition) is 8. The minimum absolute atomic E-state index is 0.120. The van der Waals surface area contributed by atoms with E-state index in [0.29, 0.717) is 39.3 Å². The molecular formula is C40H46N8O6. The third kappa shape index (κ3) is 9.69. The lowest BCUT2D eigenvalue weighted by Crippen LogP contribution is -2.56. The van der Waals surface area contributed by atoms with Gasteiger partial charge in [-0.05, 0) is 45.9 Å². The van der Waals surface area contributed by atoms with Crippen molar-refractivity contribution in [1.82, 2.24) is 31.1 Å². The molecule has 2 aliphatic rings. The first-order valence-electron chi connectivity index (χ1n) is 17.8. The minimum Gasteiger partial charge on any atom is -0.366 e. The molecule has 2 unspecified atom stereocenters. The molecule has 0 saturated carbocycles. The SMILES string of the molecule is NCc1ccc(CNC(=O)C#CC(O)(C(=O)N2CCNCC2)c2ccccc2C(O)(C#CC(=O)NCc2ccc(CN)cc2)C(=O)N2CCNCC2)cc1. The first-order chi connectivity index (χ1) is 26.1. The van der Waals surface area contributed by atoms with E-state index in [1.54, 1.807) is 0 Å². The number of nitrogens with two attached hydrogens (primary N) is 2. The topological polar surface area (TPSA) is 215 Å². The summed E-state index contributed by atoms with van der Waals surface area (Å²) in [6.07, 6.45) is 0. The third-order valence-corrected chi connectivity index (χ3v) is 9.27. The van der Waals surface area contributed by atoms with Crippen LogP contribution in [0, 0.1) is 23.7 Å². The monoisotopic (exact) mass is 734 g/mol. The van der Waals surface area contributed by atoms with Gasteiger partial charge in [-0.3, -0.25) is 19.2 Å². The number of piperazine rings is 2. The predicted molar refractivity (Wildman–Crippen MR) is 201 cm³/mol. The number of rotatable bonds is 10. The van der Waals surface area contributed by atoms with Gasteiger partial charge in [0.2, 0.25) is 11.2 Å². The van der Waals surface area contributed by atoms with Gasteiger partial charge in [0.15, 0.2) is 0 Å². The zero-order valence-electron chi connectivity index (χ0n) is 30.0. The van der Waals surface area contributed by atoms with Crippen molar-refractivity contribution in [3.8, 4) is 23.7 Å². The van der Waals surface area contributed by atoms with Gasteiger partial charge in [-0.25, -0.2) is 0 Å². The summed E-state index contributed by atoms with van der Waals surface area (Å²) in [6.45, 7) is 3.70. The van der Waals surface area contributed by atoms with Gasteiger partial charge in [-0.2, -0.15) is 0 Å². The molecule has 4 amide bonds. The van der Waals surface area contributed by atoms with Gasteiger partial charge in [-0.15, -0.1) is 0 Å². The molecule has 14 nitrogen and oxygen atoms in total. The smallest absolute Gasteiger partial charge is 0.296 e. The van der Waals surface area contributed by atoms with Gasteiger partial charge in [0, 0.05) is 89.7 Å². The molecule has 10 N–H and O–H groups in total. The highest BCUT2D eigenvalue weighted by Gasteiger charge is 2.48. The molecule has 2 heterocycles. The normalized spacial score (nSPS) is 16.3. The highest BCUT2D eigenvalue weighted by atomic mass is 16.3. The Balaban J connectivity index is 1.52. The molecule has 0 radical (unpaired) electrons. The Kier molecular flexibility index (Phi) is 13.5. The zero-order valence-corrected chi connectivity index (χ0v) is 30.0. The van der Waals surface area contributed by atoms with E-state index >= 15 is 0 Å². The van der Waals surface area contributed by atoms with Crippen molar-refractivity contribution in [3.05, 3.63) is 106 Å². The number of hydrogen-bond acceptors (Lipinski definition) is 10. The first kappa shape index (κ1) is 39.6. The molecule has 0 bridgehead atoms. The third-order valence-electron chi connectivity index (χ3n) is 9.27. The van der Waals surface area contributed by atoms with Gasteiger partial charge in [0.05, 0.1) is 0 Å². The molecule has 3 aromatic carbocycles. The molecule has 2 aliphatic heterocycles. The van der Waals surface area contributed by atoms with E-state index in [0.717, 1.165) is 22.3 Å². The van der Waals surface area contributed by atoms with E-state index in [1.807, 2.05) is 48.5 Å². The van der Waals surface area contributed by atoms with Crippen molar-refractivity contribution in [2.24, 2.45) is 11.5 Å². The second-order valence-corrected chi connectivity index (χ2v) is 13.0. The lowest BCUT2D eigenvalue weighted by Gasteiger charge is -2.37. The lowest BCUT2D eigenvalue weighted by molar-refractivity contribution is -0.149. The lowest BCUT2D eigenvalue weighted by atomic mass is 9.80. The molecular weight excluding hydrogens is 688 g/mol. The van der Waals surface area contributed by atoms with Crippen LogP contribution in [0.2, 0.25) is 0 Å². The van der Waals surface area contributed by atoms with E-state index in [-0.39, 0.29) is 50.4 Å². The zero-order chi connectivity index (χ0) is 38.6. The molecule has 2 saturated heterocycles. The summed E-state index contributed by atoms with van der Waals surface area (Å²) < 4.78 is 0. The Hall–Kier alpha value is -5.58. The van der Waals surface area contributed by atoms with E-state index in [9.17, 15) is 29.4 Å². The first-order valence-corrected chi connectivity index (χ1v) is 17.8. The fourth-order valence-corrected chi connectivity index (χ4v) is 6.11. The van der Waals surface area contributed by atoms with E-state index in [1.165, 1.54) is 34.1 Å². The van der Waals surface area contributed by atoms with Crippen molar-refractivity contribution in [2.45, 2.75) is 37.4 Å². The van der Waals surface area contributed by atoms with Crippen LogP contribution in [0.5, 0.6) is 0 Å². The molecule has 0 spiro atoms. The average Bonchev–Trinajstić information content (AvgIpc) is 3.23. The maximum absolute atomic E-state index is 14.3. The van der Waals surface area contributed by atoms with E-state index in [4.69, 9.17) is 11.5 Å². The molecule has 282 valence electrons. The Labute approximate surface area is 314 Å². The van der Waals surface area contributed by atoms with Crippen molar-refractivity contribution >= 4 is 23.6 Å². The molecule has 5 rings (SSSR count). The van der Waals surface area contributed by atoms with Crippen LogP contribution < -0.4 is 32.7 Å². The highest BCUT2D eigenvalue weighted by molar-refractivity contribution is 5.99. The maximum Gasteiger partial charge on any atom is 0.296 e. The minimum atomic E-state index is -2.72. The van der Waals surface area contributed by atoms with E-state index < -0.39 is 34.8 Å². The Bertz CT molecular complexity index is 1800. The van der Waals surface area contributed by atoms with Crippen LogP contribution >= 0.6 is 0 Å². The molecule has 2 atom stereocenters. The van der Waals surface area contributed by atoms with Crippen LogP contribution in [0.3, 0.4) is 0 Å². The van der Waals surface area contributed by atoms with E-state index in [2.05, 4.69) is 44.9 Å². The molecule has 3 aromatic rings. The number of nitrogens with zero attached hydrogens (tertiary/aromatic N) is 2. The quantitative estimate of drug-likeness (QED) is 0.113. The summed E-state index contributed by atoms with van der Waals surface area (Å²) in [5.74, 6) is 6.47. The summed E-state index contributed by atoms with van der Waals surface area (Å²) in [7, 11) is 0. The van der Waals surface area contributed by atoms with Crippen molar-refractivity contribution < 1.29 is 29.4 Å². The molecule has 2 fully saturated rings. The van der Waals surface area contributed by atoms with Gasteiger partial charge in [0.1, 0.15) is 0 Å². The number of benzene rings is 3. The standard InChI is InChI=1S/C40H46N8O6/c41-25-29-5-9-31(10-6-29)27-45-35(49)13-15-39(53,37(51)47-21-17-43-18-22-47)33-3-1-2-4-34(33)40(54,38(52)48-23-19-44-20-24-48)16-14-36(50)46-28-32-11-7-30(26-42)8-12-32/h1-12,43-44,53-54H,17-28,41-42H2,(H,45,49)(H,46,50). The molecule has 0 aromatic heterocycles. The second-order valence-electron chi connectivity index (χ2n) is 13.0. The van der Waals surface area contributed by atoms with Crippen LogP contribution in [-0.2, 0) is 56.6 Å². The molecule has 0 aliphatic carbocycles. The van der Waals surface area contributed by atoms with Crippen molar-refractivity contribution in [2.75, 3.05) is 52.4 Å². The average molecular weight is 735 g/mol. The Morgan fingerprint density at radius 1 is 0.593 bits per heavy atom. The predicted octanol–water partition coefficient (Wildman–Crippen LogP) is -1.52. The van der Waals surface area contributed by atoms with Crippen LogP contribution in [-0.4, -0.2) is 96.0 Å². The number of aliphatic hydroxyl groups is 2. The fourth-order valence-electron chi connectivity index (χ4n) is 6.11. The number of amides is 4. The summed E-state index contributed by atoms with van der Waals surface area (Å²) in [5, 5.41) is 36.4. The van der Waals surface area contributed by atoms with Crippen LogP contribution in [0.25, 0.3) is 0 Å². The Morgan fingerprint density at radius 2 is 0.926 bits per heavy atom. The Morgan fingerprint density at radius 3 is 1.26 bits per heavy atom. The summed E-state index contributed by atoms with van der Waals surface area (Å²) >= 11 is 0. The van der Waals surface area contributed by atoms with Crippen molar-refractivity contribution in [3.63, 3.8) is 0 Å². The number of carbonyl (C=O) groups excluding carboxylic acids is 4. The molecule has 54 heavy (non-hydrogen) atoms. The van der Waals surface area contributed by atoms with Crippen LogP contribution in [0.15, 0.2) is 72.8 Å². The number of nitrogens with one attached hydrogen (secondary N) is 4. The van der Waals surface area contributed by atoms with Crippen molar-refractivity contribution in [1.29, 1.82) is 0 Å². The second kappa shape index (κ2) is 18.4. The maximum atomic E-state index is 14.3. The van der Waals surface area contributed by atoms with Crippen LogP contribution in [0.1, 0.15) is 33.4 Å². The van der Waals surface area contributed by atoms with Gasteiger partial charge < -0.3 is 52.7 Å². The van der Waals surface area contributed by atoms with Gasteiger partial charge >= 0.3 is 0 Å².